The third kappa shape index (κ3) is 4.50. The van der Waals surface area contributed by atoms with Gasteiger partial charge in [0.1, 0.15) is 11.4 Å². The van der Waals surface area contributed by atoms with E-state index >= 15 is 0 Å². The van der Waals surface area contributed by atoms with Gasteiger partial charge < -0.3 is 25.1 Å². The first-order valence-corrected chi connectivity index (χ1v) is 7.16. The predicted octanol–water partition coefficient (Wildman–Crippen LogP) is 2.52. The molecular weight excluding hydrogens is 298 g/mol. The third-order valence-electron chi connectivity index (χ3n) is 3.09. The number of hydrogen-bond donors (Lipinski definition) is 3. The van der Waals surface area contributed by atoms with Crippen LogP contribution in [0.4, 0.5) is 10.5 Å². The summed E-state index contributed by atoms with van der Waals surface area (Å²) in [4.78, 5) is 26.4. The van der Waals surface area contributed by atoms with Gasteiger partial charge in [0.25, 0.3) is 0 Å². The topological polar surface area (TPSA) is 92.5 Å². The fraction of sp³-hybridized carbons (Fsp3) is 0.250. The number of carbonyl (C=O) groups excluding carboxylic acids is 2. The number of carbonyl (C=O) groups is 2. The van der Waals surface area contributed by atoms with E-state index in [4.69, 9.17) is 9.47 Å². The second kappa shape index (κ2) is 7.88. The molecule has 0 atom stereocenters. The maximum absolute atomic E-state index is 11.9. The lowest BCUT2D eigenvalue weighted by molar-refractivity contribution is 0.0521. The van der Waals surface area contributed by atoms with Crippen LogP contribution in [-0.2, 0) is 11.3 Å². The number of amides is 2. The Kier molecular flexibility index (Phi) is 5.62. The number of aromatic amines is 1. The van der Waals surface area contributed by atoms with Crippen molar-refractivity contribution in [2.24, 2.45) is 0 Å². The monoisotopic (exact) mass is 317 g/mol. The molecule has 0 saturated heterocycles. The molecule has 0 unspecified atom stereocenters. The SMILES string of the molecule is CCOC(=O)c1[nH]ccc1NC(=O)NCc1ccc(OC)cc1. The molecule has 2 rings (SSSR count). The quantitative estimate of drug-likeness (QED) is 0.714. The Hall–Kier alpha value is -2.96. The zero-order valence-corrected chi connectivity index (χ0v) is 13.0. The number of H-pyrrole nitrogens is 1. The molecule has 1 aromatic carbocycles. The number of benzene rings is 1. The van der Waals surface area contributed by atoms with Gasteiger partial charge >= 0.3 is 12.0 Å². The molecule has 3 N–H and O–H groups in total. The molecule has 7 heteroatoms. The summed E-state index contributed by atoms with van der Waals surface area (Å²) in [7, 11) is 1.60. The molecule has 23 heavy (non-hydrogen) atoms. The minimum atomic E-state index is -0.511. The smallest absolute Gasteiger partial charge is 0.356 e. The Labute approximate surface area is 134 Å². The minimum Gasteiger partial charge on any atom is -0.497 e. The van der Waals surface area contributed by atoms with Crippen molar-refractivity contribution < 1.29 is 19.1 Å². The minimum absolute atomic E-state index is 0.214. The summed E-state index contributed by atoms with van der Waals surface area (Å²) in [5.74, 6) is 0.243. The maximum atomic E-state index is 11.9. The van der Waals surface area contributed by atoms with E-state index in [0.29, 0.717) is 12.2 Å². The fourth-order valence-corrected chi connectivity index (χ4v) is 1.94. The third-order valence-corrected chi connectivity index (χ3v) is 3.09. The molecule has 7 nitrogen and oxygen atoms in total. The van der Waals surface area contributed by atoms with Gasteiger partial charge in [-0.05, 0) is 30.7 Å². The van der Waals surface area contributed by atoms with Crippen molar-refractivity contribution in [3.63, 3.8) is 0 Å². The Morgan fingerprint density at radius 1 is 1.17 bits per heavy atom. The molecule has 0 bridgehead atoms. The average Bonchev–Trinajstić information content (AvgIpc) is 3.02. The molecule has 2 aromatic rings. The first kappa shape index (κ1) is 16.4. The second-order valence-electron chi connectivity index (χ2n) is 4.64. The van der Waals surface area contributed by atoms with Crippen molar-refractivity contribution in [1.82, 2.24) is 10.3 Å². The zero-order chi connectivity index (χ0) is 16.7. The molecule has 0 saturated carbocycles. The van der Waals surface area contributed by atoms with Crippen molar-refractivity contribution in [3.05, 3.63) is 47.8 Å². The lowest BCUT2D eigenvalue weighted by Crippen LogP contribution is -2.28. The molecule has 122 valence electrons. The van der Waals surface area contributed by atoms with E-state index in [1.54, 1.807) is 26.3 Å². The summed E-state index contributed by atoms with van der Waals surface area (Å²) in [5.41, 5.74) is 1.52. The van der Waals surface area contributed by atoms with Crippen LogP contribution < -0.4 is 15.4 Å². The Morgan fingerprint density at radius 3 is 2.57 bits per heavy atom. The number of hydrogen-bond acceptors (Lipinski definition) is 4. The van der Waals surface area contributed by atoms with E-state index in [2.05, 4.69) is 15.6 Å². The first-order valence-electron chi connectivity index (χ1n) is 7.16. The van der Waals surface area contributed by atoms with E-state index in [9.17, 15) is 9.59 Å². The zero-order valence-electron chi connectivity index (χ0n) is 13.0. The molecule has 0 aliphatic carbocycles. The summed E-state index contributed by atoms with van der Waals surface area (Å²) < 4.78 is 9.98. The average molecular weight is 317 g/mol. The Balaban J connectivity index is 1.89. The van der Waals surface area contributed by atoms with E-state index < -0.39 is 12.0 Å². The molecule has 0 fully saturated rings. The summed E-state index contributed by atoms with van der Waals surface area (Å²) in [6.07, 6.45) is 1.56. The van der Waals surface area contributed by atoms with Gasteiger partial charge in [0, 0.05) is 12.7 Å². The van der Waals surface area contributed by atoms with Crippen LogP contribution in [0.25, 0.3) is 0 Å². The van der Waals surface area contributed by atoms with Crippen molar-refractivity contribution in [2.45, 2.75) is 13.5 Å². The van der Waals surface area contributed by atoms with Gasteiger partial charge in [0.15, 0.2) is 0 Å². The van der Waals surface area contributed by atoms with Crippen molar-refractivity contribution >= 4 is 17.7 Å². The summed E-state index contributed by atoms with van der Waals surface area (Å²) >= 11 is 0. The van der Waals surface area contributed by atoms with Crippen molar-refractivity contribution in [3.8, 4) is 5.75 Å². The Bertz CT molecular complexity index is 664. The standard InChI is InChI=1S/C16H19N3O4/c1-3-23-15(20)14-13(8-9-17-14)19-16(21)18-10-11-4-6-12(22-2)7-5-11/h4-9,17H,3,10H2,1-2H3,(H2,18,19,21). The highest BCUT2D eigenvalue weighted by Crippen LogP contribution is 2.15. The lowest BCUT2D eigenvalue weighted by atomic mass is 10.2. The largest absolute Gasteiger partial charge is 0.497 e. The molecule has 1 aromatic heterocycles. The van der Waals surface area contributed by atoms with Crippen LogP contribution in [-0.4, -0.2) is 30.7 Å². The fourth-order valence-electron chi connectivity index (χ4n) is 1.94. The molecule has 0 spiro atoms. The number of rotatable bonds is 6. The summed E-state index contributed by atoms with van der Waals surface area (Å²) in [6, 6.07) is 8.55. The van der Waals surface area contributed by atoms with Gasteiger partial charge in [0.05, 0.1) is 19.4 Å². The summed E-state index contributed by atoms with van der Waals surface area (Å²) in [5, 5.41) is 5.33. The number of nitrogens with one attached hydrogen (secondary N) is 3. The van der Waals surface area contributed by atoms with E-state index in [1.165, 1.54) is 0 Å². The van der Waals surface area contributed by atoms with E-state index in [0.717, 1.165) is 11.3 Å². The predicted molar refractivity (Wildman–Crippen MR) is 85.6 cm³/mol. The molecule has 0 aliphatic rings. The van der Waals surface area contributed by atoms with Gasteiger partial charge in [-0.1, -0.05) is 12.1 Å². The molecule has 0 aliphatic heterocycles. The number of anilines is 1. The number of aromatic nitrogens is 1. The van der Waals surface area contributed by atoms with Gasteiger partial charge in [-0.3, -0.25) is 0 Å². The highest BCUT2D eigenvalue weighted by atomic mass is 16.5. The van der Waals surface area contributed by atoms with Crippen LogP contribution in [0, 0.1) is 0 Å². The number of ether oxygens (including phenoxy) is 2. The van der Waals surface area contributed by atoms with Crippen LogP contribution >= 0.6 is 0 Å². The second-order valence-corrected chi connectivity index (χ2v) is 4.64. The van der Waals surface area contributed by atoms with Crippen LogP contribution in [0.1, 0.15) is 23.0 Å². The van der Waals surface area contributed by atoms with E-state index in [-0.39, 0.29) is 12.3 Å². The van der Waals surface area contributed by atoms with E-state index in [1.807, 2.05) is 24.3 Å². The summed E-state index contributed by atoms with van der Waals surface area (Å²) in [6.45, 7) is 2.34. The van der Waals surface area contributed by atoms with Gasteiger partial charge in [0.2, 0.25) is 0 Å². The Morgan fingerprint density at radius 2 is 1.91 bits per heavy atom. The molecule has 0 radical (unpaired) electrons. The van der Waals surface area contributed by atoms with Crippen molar-refractivity contribution in [1.29, 1.82) is 0 Å². The maximum Gasteiger partial charge on any atom is 0.356 e. The number of urea groups is 1. The van der Waals surface area contributed by atoms with Crippen molar-refractivity contribution in [2.75, 3.05) is 19.0 Å². The van der Waals surface area contributed by atoms with Crippen LogP contribution in [0.2, 0.25) is 0 Å². The van der Waals surface area contributed by atoms with Gasteiger partial charge in [-0.2, -0.15) is 0 Å². The van der Waals surface area contributed by atoms with Crippen LogP contribution in [0.5, 0.6) is 5.75 Å². The van der Waals surface area contributed by atoms with Crippen LogP contribution in [0.3, 0.4) is 0 Å². The molecule has 2 amide bonds. The van der Waals surface area contributed by atoms with Gasteiger partial charge in [-0.25, -0.2) is 9.59 Å². The highest BCUT2D eigenvalue weighted by Gasteiger charge is 2.15. The van der Waals surface area contributed by atoms with Crippen LogP contribution in [0.15, 0.2) is 36.5 Å². The molecule has 1 heterocycles. The molecular formula is C16H19N3O4. The lowest BCUT2D eigenvalue weighted by Gasteiger charge is -2.09. The number of methoxy groups -OCH3 is 1. The normalized spacial score (nSPS) is 10.0. The van der Waals surface area contributed by atoms with Gasteiger partial charge in [-0.15, -0.1) is 0 Å². The highest BCUT2D eigenvalue weighted by molar-refractivity contribution is 5.99. The number of esters is 1. The first-order chi connectivity index (χ1) is 11.1.